The molecular formula is C18H18. The van der Waals surface area contributed by atoms with Gasteiger partial charge in [0, 0.05) is 0 Å². The molecule has 0 unspecified atom stereocenters. The van der Waals surface area contributed by atoms with Crippen molar-refractivity contribution < 1.29 is 0 Å². The Kier molecular flexibility index (Phi) is 3.47. The van der Waals surface area contributed by atoms with Gasteiger partial charge in [0.2, 0.25) is 0 Å². The van der Waals surface area contributed by atoms with Crippen LogP contribution in [0.5, 0.6) is 0 Å². The monoisotopic (exact) mass is 234 g/mol. The van der Waals surface area contributed by atoms with Gasteiger partial charge in [-0.3, -0.25) is 0 Å². The lowest BCUT2D eigenvalue weighted by Gasteiger charge is -2.13. The lowest BCUT2D eigenvalue weighted by atomic mass is 9.91. The van der Waals surface area contributed by atoms with Crippen LogP contribution in [0, 0.1) is 13.8 Å². The van der Waals surface area contributed by atoms with Gasteiger partial charge in [0.05, 0.1) is 0 Å². The predicted octanol–water partition coefficient (Wildman–Crippen LogP) is 5.17. The van der Waals surface area contributed by atoms with Gasteiger partial charge < -0.3 is 0 Å². The third kappa shape index (κ3) is 2.14. The first-order valence-electron chi connectivity index (χ1n) is 6.12. The van der Waals surface area contributed by atoms with Crippen molar-refractivity contribution >= 4 is 5.57 Å². The average Bonchev–Trinajstić information content (AvgIpc) is 2.41. The first-order chi connectivity index (χ1) is 8.65. The molecule has 0 aliphatic carbocycles. The fourth-order valence-electron chi connectivity index (χ4n) is 2.15. The molecule has 0 heteroatoms. The Labute approximate surface area is 109 Å². The maximum absolute atomic E-state index is 4.06. The first-order valence-corrected chi connectivity index (χ1v) is 6.12. The normalized spacial score (nSPS) is 10.1. The molecule has 0 aromatic heterocycles. The zero-order valence-electron chi connectivity index (χ0n) is 11.0. The largest absolute Gasteiger partial charge is 0.0985 e. The maximum Gasteiger partial charge on any atom is -0.0103 e. The SMILES string of the molecule is C=CC(=C)c1ccccc1-c1cccc(C)c1C. The summed E-state index contributed by atoms with van der Waals surface area (Å²) in [5.41, 5.74) is 7.25. The van der Waals surface area contributed by atoms with Crippen LogP contribution < -0.4 is 0 Å². The van der Waals surface area contributed by atoms with Crippen molar-refractivity contribution in [1.29, 1.82) is 0 Å². The number of hydrogen-bond donors (Lipinski definition) is 0. The summed E-state index contributed by atoms with van der Waals surface area (Å²) in [4.78, 5) is 0. The second-order valence-corrected chi connectivity index (χ2v) is 4.52. The lowest BCUT2D eigenvalue weighted by molar-refractivity contribution is 1.34. The standard InChI is InChI=1S/C18H18/c1-5-13(2)16-10-6-7-11-18(16)17-12-8-9-14(3)15(17)4/h5-12H,1-2H2,3-4H3. The molecule has 2 aromatic rings. The van der Waals surface area contributed by atoms with E-state index in [1.807, 2.05) is 12.1 Å². The molecule has 0 amide bonds. The third-order valence-corrected chi connectivity index (χ3v) is 3.41. The van der Waals surface area contributed by atoms with Gasteiger partial charge in [-0.25, -0.2) is 0 Å². The van der Waals surface area contributed by atoms with Crippen LogP contribution >= 0.6 is 0 Å². The second-order valence-electron chi connectivity index (χ2n) is 4.52. The van der Waals surface area contributed by atoms with Crippen molar-refractivity contribution in [2.75, 3.05) is 0 Å². The summed E-state index contributed by atoms with van der Waals surface area (Å²) in [6.07, 6.45) is 1.81. The van der Waals surface area contributed by atoms with Crippen LogP contribution in [0.3, 0.4) is 0 Å². The van der Waals surface area contributed by atoms with Crippen LogP contribution in [0.4, 0.5) is 0 Å². The second kappa shape index (κ2) is 5.05. The molecule has 0 radical (unpaired) electrons. The quantitative estimate of drug-likeness (QED) is 0.643. The fraction of sp³-hybridized carbons (Fsp3) is 0.111. The zero-order valence-corrected chi connectivity index (χ0v) is 11.0. The van der Waals surface area contributed by atoms with E-state index in [9.17, 15) is 0 Å². The van der Waals surface area contributed by atoms with Crippen molar-refractivity contribution in [2.24, 2.45) is 0 Å². The van der Waals surface area contributed by atoms with E-state index in [-0.39, 0.29) is 0 Å². The van der Waals surface area contributed by atoms with E-state index in [4.69, 9.17) is 0 Å². The van der Waals surface area contributed by atoms with E-state index in [2.05, 4.69) is 63.4 Å². The first kappa shape index (κ1) is 12.4. The molecule has 0 fully saturated rings. The number of rotatable bonds is 3. The van der Waals surface area contributed by atoms with Gasteiger partial charge in [-0.15, -0.1) is 0 Å². The minimum absolute atomic E-state index is 0.964. The molecule has 0 saturated heterocycles. The van der Waals surface area contributed by atoms with Gasteiger partial charge in [-0.2, -0.15) is 0 Å². The topological polar surface area (TPSA) is 0 Å². The number of allylic oxidation sites excluding steroid dienone is 2. The van der Waals surface area contributed by atoms with Gasteiger partial charge >= 0.3 is 0 Å². The van der Waals surface area contributed by atoms with Crippen molar-refractivity contribution in [2.45, 2.75) is 13.8 Å². The van der Waals surface area contributed by atoms with E-state index < -0.39 is 0 Å². The van der Waals surface area contributed by atoms with E-state index in [1.165, 1.54) is 22.3 Å². The maximum atomic E-state index is 4.06. The summed E-state index contributed by atoms with van der Waals surface area (Å²) in [6, 6.07) is 14.8. The molecule has 0 N–H and O–H groups in total. The van der Waals surface area contributed by atoms with Gasteiger partial charge in [-0.05, 0) is 47.2 Å². The molecule has 18 heavy (non-hydrogen) atoms. The highest BCUT2D eigenvalue weighted by atomic mass is 14.1. The summed E-state index contributed by atoms with van der Waals surface area (Å²) < 4.78 is 0. The van der Waals surface area contributed by atoms with E-state index in [0.717, 1.165) is 11.1 Å². The molecule has 0 spiro atoms. The van der Waals surface area contributed by atoms with E-state index in [0.29, 0.717) is 0 Å². The van der Waals surface area contributed by atoms with Crippen molar-refractivity contribution in [3.8, 4) is 11.1 Å². The van der Waals surface area contributed by atoms with Crippen LogP contribution in [-0.4, -0.2) is 0 Å². The van der Waals surface area contributed by atoms with Gasteiger partial charge in [0.15, 0.2) is 0 Å². The highest BCUT2D eigenvalue weighted by Gasteiger charge is 2.08. The lowest BCUT2D eigenvalue weighted by Crippen LogP contribution is -1.91. The fourth-order valence-corrected chi connectivity index (χ4v) is 2.15. The summed E-state index contributed by atoms with van der Waals surface area (Å²) >= 11 is 0. The minimum Gasteiger partial charge on any atom is -0.0985 e. The van der Waals surface area contributed by atoms with Gasteiger partial charge in [0.1, 0.15) is 0 Å². The molecule has 0 nitrogen and oxygen atoms in total. The Hall–Kier alpha value is -2.08. The molecule has 0 aliphatic heterocycles. The van der Waals surface area contributed by atoms with Crippen LogP contribution in [0.15, 0.2) is 61.7 Å². The van der Waals surface area contributed by atoms with Crippen molar-refractivity contribution in [3.05, 3.63) is 78.4 Å². The number of hydrogen-bond acceptors (Lipinski definition) is 0. The minimum atomic E-state index is 0.964. The summed E-state index contributed by atoms with van der Waals surface area (Å²) in [5.74, 6) is 0. The Morgan fingerprint density at radius 3 is 2.33 bits per heavy atom. The summed E-state index contributed by atoms with van der Waals surface area (Å²) in [7, 11) is 0. The highest BCUT2D eigenvalue weighted by molar-refractivity contribution is 5.85. The predicted molar refractivity (Wildman–Crippen MR) is 80.6 cm³/mol. The highest BCUT2D eigenvalue weighted by Crippen LogP contribution is 2.31. The van der Waals surface area contributed by atoms with Crippen LogP contribution in [-0.2, 0) is 0 Å². The van der Waals surface area contributed by atoms with Crippen LogP contribution in [0.25, 0.3) is 16.7 Å². The Bertz CT molecular complexity index is 603. The molecule has 2 rings (SSSR count). The molecular weight excluding hydrogens is 216 g/mol. The molecule has 0 saturated carbocycles. The third-order valence-electron chi connectivity index (χ3n) is 3.41. The van der Waals surface area contributed by atoms with Crippen molar-refractivity contribution in [3.63, 3.8) is 0 Å². The molecule has 0 bridgehead atoms. The molecule has 0 aliphatic rings. The Morgan fingerprint density at radius 1 is 0.944 bits per heavy atom. The summed E-state index contributed by atoms with van der Waals surface area (Å²) in [6.45, 7) is 12.2. The molecule has 90 valence electrons. The van der Waals surface area contributed by atoms with E-state index in [1.54, 1.807) is 0 Å². The molecule has 0 heterocycles. The van der Waals surface area contributed by atoms with Crippen molar-refractivity contribution in [1.82, 2.24) is 0 Å². The Balaban J connectivity index is 2.68. The van der Waals surface area contributed by atoms with Crippen LogP contribution in [0.1, 0.15) is 16.7 Å². The zero-order chi connectivity index (χ0) is 13.1. The molecule has 2 aromatic carbocycles. The average molecular weight is 234 g/mol. The number of aryl methyl sites for hydroxylation is 1. The molecule has 0 atom stereocenters. The van der Waals surface area contributed by atoms with Gasteiger partial charge in [-0.1, -0.05) is 61.7 Å². The Morgan fingerprint density at radius 2 is 1.61 bits per heavy atom. The van der Waals surface area contributed by atoms with Gasteiger partial charge in [0.25, 0.3) is 0 Å². The smallest absolute Gasteiger partial charge is 0.0103 e. The summed E-state index contributed by atoms with van der Waals surface area (Å²) in [5, 5.41) is 0. The van der Waals surface area contributed by atoms with E-state index >= 15 is 0 Å². The number of benzene rings is 2. The van der Waals surface area contributed by atoms with Crippen LogP contribution in [0.2, 0.25) is 0 Å².